The van der Waals surface area contributed by atoms with E-state index in [0.717, 1.165) is 115 Å². The van der Waals surface area contributed by atoms with Gasteiger partial charge in [0.25, 0.3) is 0 Å². The fourth-order valence-electron chi connectivity index (χ4n) is 15.4. The van der Waals surface area contributed by atoms with Crippen molar-refractivity contribution in [1.29, 1.82) is 0 Å². The zero-order chi connectivity index (χ0) is 85.5. The molecule has 17 nitrogen and oxygen atoms in total. The zero-order valence-corrected chi connectivity index (χ0v) is 78.2. The number of nitrogens with one attached hydrogen (secondary N) is 3. The third-order valence-electron chi connectivity index (χ3n) is 22.2. The normalized spacial score (nSPS) is 16.2. The van der Waals surface area contributed by atoms with Crippen LogP contribution in [-0.4, -0.2) is 102 Å². The lowest BCUT2D eigenvalue weighted by Crippen LogP contribution is -2.48. The smallest absolute Gasteiger partial charge is 0.303 e. The van der Waals surface area contributed by atoms with Gasteiger partial charge in [-0.1, -0.05) is 199 Å². The van der Waals surface area contributed by atoms with Gasteiger partial charge >= 0.3 is 5.97 Å². The van der Waals surface area contributed by atoms with E-state index in [1.807, 2.05) is 84.9 Å². The molecule has 6 atom stereocenters. The fourth-order valence-corrected chi connectivity index (χ4v) is 15.4. The molecule has 1 heterocycles. The number of carbonyl (C=O) groups excluding carboxylic acids is 8. The van der Waals surface area contributed by atoms with Crippen LogP contribution in [0.25, 0.3) is 0 Å². The van der Waals surface area contributed by atoms with Gasteiger partial charge < -0.3 is 41.0 Å². The minimum atomic E-state index is -0.785. The second-order valence-corrected chi connectivity index (χ2v) is 31.7. The van der Waals surface area contributed by atoms with Crippen molar-refractivity contribution in [2.75, 3.05) is 19.8 Å². The Morgan fingerprint density at radius 1 is 0.520 bits per heavy atom. The van der Waals surface area contributed by atoms with E-state index in [9.17, 15) is 56.3 Å². The molecular weight excluding hydrogens is 1700 g/mol. The van der Waals surface area contributed by atoms with Crippen molar-refractivity contribution in [3.8, 4) is 17.2 Å². The molecular formula is C99H135F3N4O13S6. The van der Waals surface area contributed by atoms with Gasteiger partial charge in [-0.2, -0.15) is 81.0 Å². The van der Waals surface area contributed by atoms with E-state index >= 15 is 0 Å². The van der Waals surface area contributed by atoms with E-state index in [-0.39, 0.29) is 164 Å². The number of ketones is 5. The lowest BCUT2D eigenvalue weighted by molar-refractivity contribution is -0.137. The molecule has 686 valence electrons. The van der Waals surface area contributed by atoms with Gasteiger partial charge in [0.05, 0.1) is 24.2 Å². The molecule has 0 spiro atoms. The number of carboxylic acids is 1. The molecule has 1 aliphatic heterocycles. The molecule has 6 aromatic carbocycles. The first kappa shape index (κ1) is 115. The lowest BCUT2D eigenvalue weighted by atomic mass is 9.90. The van der Waals surface area contributed by atoms with Gasteiger partial charge in [0, 0.05) is 63.2 Å². The van der Waals surface area contributed by atoms with Crippen LogP contribution in [0.5, 0.6) is 17.2 Å². The number of hydrogen-bond acceptors (Lipinski definition) is 13. The van der Waals surface area contributed by atoms with Gasteiger partial charge in [0.1, 0.15) is 66.1 Å². The number of Topliss-reactive ketones (excluding diaryl/α,β-unsaturated/α-hetero) is 5. The highest BCUT2D eigenvalue weighted by Gasteiger charge is 2.32. The number of fused-ring (bicyclic) bond motifs is 2. The van der Waals surface area contributed by atoms with Crippen LogP contribution in [0.1, 0.15) is 200 Å². The lowest BCUT2D eigenvalue weighted by Gasteiger charge is -2.22. The number of aryl methyl sites for hydroxylation is 6. The number of aliphatic carboxylic acids is 1. The molecule has 3 fully saturated rings. The summed E-state index contributed by atoms with van der Waals surface area (Å²) in [6.07, 6.45) is 32.0. The number of ether oxygens (including phenoxy) is 3. The molecule has 26 heteroatoms. The second kappa shape index (κ2) is 65.1. The number of rotatable bonds is 40. The Labute approximate surface area is 780 Å². The average Bonchev–Trinajstić information content (AvgIpc) is 1.79. The highest BCUT2D eigenvalue weighted by molar-refractivity contribution is 7.60. The van der Waals surface area contributed by atoms with Gasteiger partial charge in [-0.05, 0) is 201 Å². The van der Waals surface area contributed by atoms with E-state index < -0.39 is 42.0 Å². The van der Waals surface area contributed by atoms with Crippen LogP contribution < -0.4 is 35.9 Å². The van der Waals surface area contributed by atoms with Gasteiger partial charge in [0.2, 0.25) is 17.7 Å². The van der Waals surface area contributed by atoms with Gasteiger partial charge in [-0.25, -0.2) is 13.2 Å². The minimum Gasteiger partial charge on any atom is -0.490 e. The number of nitrogens with two attached hydrogens (primary N) is 1. The molecule has 6 N–H and O–H groups in total. The molecule has 3 amide bonds. The first-order valence-corrected chi connectivity index (χ1v) is 42.5. The summed E-state index contributed by atoms with van der Waals surface area (Å²) in [7, 11) is 0. The quantitative estimate of drug-likeness (QED) is 0.0224. The predicted molar refractivity (Wildman–Crippen MR) is 523 cm³/mol. The van der Waals surface area contributed by atoms with E-state index in [4.69, 9.17) is 25.1 Å². The number of carbonyl (C=O) groups is 9. The van der Waals surface area contributed by atoms with Gasteiger partial charge in [-0.3, -0.25) is 43.2 Å². The van der Waals surface area contributed by atoms with E-state index in [2.05, 4.69) is 42.3 Å². The number of hydrogen-bond donors (Lipinski definition) is 5. The molecule has 0 radical (unpaired) electrons. The van der Waals surface area contributed by atoms with E-state index in [1.54, 1.807) is 60.7 Å². The van der Waals surface area contributed by atoms with E-state index in [1.165, 1.54) is 49.2 Å². The van der Waals surface area contributed by atoms with Crippen LogP contribution in [0.4, 0.5) is 13.2 Å². The maximum Gasteiger partial charge on any atom is 0.303 e. The first-order chi connectivity index (χ1) is 57.5. The van der Waals surface area contributed by atoms with Crippen LogP contribution >= 0.6 is 81.0 Å². The van der Waals surface area contributed by atoms with E-state index in [0.29, 0.717) is 147 Å². The van der Waals surface area contributed by atoms with Crippen LogP contribution in [0.2, 0.25) is 0 Å². The summed E-state index contributed by atoms with van der Waals surface area (Å²) in [5.41, 5.74) is 11.7. The summed E-state index contributed by atoms with van der Waals surface area (Å²) in [6, 6.07) is 38.8. The molecule has 0 aromatic heterocycles. The van der Waals surface area contributed by atoms with Crippen LogP contribution in [-0.2, 0) is 81.7 Å². The molecule has 0 saturated heterocycles. The number of amides is 3. The topological polar surface area (TPSA) is 264 Å². The maximum absolute atomic E-state index is 13.5. The van der Waals surface area contributed by atoms with Crippen molar-refractivity contribution in [1.82, 2.24) is 16.0 Å². The molecule has 4 aliphatic rings. The summed E-state index contributed by atoms with van der Waals surface area (Å²) < 4.78 is 56.4. The SMILES string of the molecule is C=CCOc1cccc(CCC(=O)C[C@@H](CCc2ccc(F)cc2)C(=O)N[C@@H](CC=C)C(=O)CC2CCCC2)c1.C=CCOc1cccc(CCC(=O)O)c1.C=CC[C@H](NC(=O)[C@@H](N)CCc1ccc(F)cc1)C(=O)CC1CCCC1.O=C1CCc2cccc(c2)OC/C=C/C[C@@H](C(=O)CC2CCCC2)NC(=O)[C@H](CCc2ccc(F)cc2)C1.S.S.S.S.S.S. The molecule has 3 saturated carbocycles. The average molecular weight is 1840 g/mol. The summed E-state index contributed by atoms with van der Waals surface area (Å²) >= 11 is 0. The van der Waals surface area contributed by atoms with Crippen LogP contribution in [0.15, 0.2) is 208 Å². The molecule has 6 aromatic rings. The fraction of sp³-hybridized carbons (Fsp3) is 0.444. The molecule has 125 heavy (non-hydrogen) atoms. The van der Waals surface area contributed by atoms with Crippen molar-refractivity contribution < 1.29 is 75.6 Å². The molecule has 3 aliphatic carbocycles. The Morgan fingerprint density at radius 2 is 0.976 bits per heavy atom. The number of benzene rings is 6. The largest absolute Gasteiger partial charge is 0.490 e. The summed E-state index contributed by atoms with van der Waals surface area (Å²) in [4.78, 5) is 115. The number of halogens is 3. The van der Waals surface area contributed by atoms with Gasteiger partial charge in [-0.15, -0.1) is 13.2 Å². The molecule has 10 rings (SSSR count). The van der Waals surface area contributed by atoms with Crippen molar-refractivity contribution in [2.45, 2.75) is 230 Å². The Bertz CT molecular complexity index is 4280. The van der Waals surface area contributed by atoms with Crippen molar-refractivity contribution in [2.24, 2.45) is 35.3 Å². The number of carboxylic acid groups (broad SMARTS) is 1. The highest BCUT2D eigenvalue weighted by Crippen LogP contribution is 2.32. The summed E-state index contributed by atoms with van der Waals surface area (Å²) in [5, 5.41) is 17.3. The second-order valence-electron chi connectivity index (χ2n) is 31.7. The van der Waals surface area contributed by atoms with Crippen LogP contribution in [0.3, 0.4) is 0 Å². The third kappa shape index (κ3) is 45.7. The summed E-state index contributed by atoms with van der Waals surface area (Å²) in [6.45, 7) is 15.9. The van der Waals surface area contributed by atoms with Crippen LogP contribution in [0, 0.1) is 47.0 Å². The summed E-state index contributed by atoms with van der Waals surface area (Å²) in [5.74, 6) is -0.161. The Balaban J connectivity index is 0.000000859. The standard InChI is InChI=1S/C34H42FNO4.C32H38FNO4.C21H29FN2O2.C12H14O3.6H2S/c1-3-8-32(33(38)23-26-9-5-6-10-26)36-34(39)28(17-13-25-14-18-29(35)19-15-25)24-30(37)20-16-27-11-7-12-31(22-27)40-21-4-2;33-27-16-12-23(13-17-27)11-15-26-22-28(35)18-14-25-8-5-9-29(20-25)38-19-4-3-10-30(34-32(26)37)31(36)21-24-6-1-2-7-24;1-2-5-19(20(25)14-16-6-3-4-7-16)24-21(26)18(23)13-10-15-8-11-17(22)12-9-15;1-2-8-15-11-5-3-4-10(9-11)6-7-12(13)14;;;;;;/h3-4,7,11-12,14-15,18-19,22,26,28,32H,1-2,5-6,8-10,13,16-17,20-21,23-24H2,(H,36,39);3-5,8-9,12-13,16-17,20,24,26,30H,1-2,6-7,10-11,14-15,18-19,21-22H2,(H,34,37);2,8-9,11-12,16,18-19H,1,3-7,10,13-14,23H2,(H,24,26);2-5,9H,1,6-8H2,(H,13,14);6*1H2/b;4-3+;;;;;;;;/t28-,32+;26-,30+;18-,19-;;;;;;;/m110......./s1. The van der Waals surface area contributed by atoms with Crippen molar-refractivity contribution in [3.63, 3.8) is 0 Å². The molecule has 2 bridgehead atoms. The first-order valence-electron chi connectivity index (χ1n) is 42.5. The maximum atomic E-state index is 13.5. The third-order valence-corrected chi connectivity index (χ3v) is 22.2. The zero-order valence-electron chi connectivity index (χ0n) is 72.2. The van der Waals surface area contributed by atoms with Crippen molar-refractivity contribution in [3.05, 3.63) is 259 Å². The Morgan fingerprint density at radius 3 is 1.46 bits per heavy atom. The van der Waals surface area contributed by atoms with Gasteiger partial charge in [0.15, 0.2) is 17.3 Å². The van der Waals surface area contributed by atoms with Crippen molar-refractivity contribution >= 4 is 134 Å². The Kier molecular flexibility index (Phi) is 59.6. The minimum absolute atomic E-state index is 0. The highest BCUT2D eigenvalue weighted by atomic mass is 32.1. The monoisotopic (exact) mass is 1840 g/mol. The Hall–Kier alpha value is -8.50. The molecule has 0 unspecified atom stereocenters. The predicted octanol–water partition coefficient (Wildman–Crippen LogP) is 18.9.